The van der Waals surface area contributed by atoms with Crippen LogP contribution in [0.4, 0.5) is 22.1 Å². The largest absolute Gasteiger partial charge is 0.444 e. The number of carbonyl (C=O) groups is 1. The third-order valence-corrected chi connectivity index (χ3v) is 6.48. The number of nitrogens with zero attached hydrogens (tertiary/aromatic N) is 6. The van der Waals surface area contributed by atoms with Crippen LogP contribution in [-0.4, -0.2) is 77.8 Å². The van der Waals surface area contributed by atoms with Gasteiger partial charge < -0.3 is 24.8 Å². The number of piperidine rings is 1. The summed E-state index contributed by atoms with van der Waals surface area (Å²) < 4.78 is 5.50. The molecule has 9 nitrogen and oxygen atoms in total. The molecule has 4 rings (SSSR count). The van der Waals surface area contributed by atoms with E-state index in [4.69, 9.17) is 9.72 Å². The van der Waals surface area contributed by atoms with E-state index in [1.165, 1.54) is 5.56 Å². The molecule has 0 aliphatic carbocycles. The van der Waals surface area contributed by atoms with Crippen LogP contribution in [-0.2, 0) is 4.74 Å². The fourth-order valence-electron chi connectivity index (χ4n) is 4.43. The van der Waals surface area contributed by atoms with Crippen molar-refractivity contribution in [2.24, 2.45) is 0 Å². The van der Waals surface area contributed by atoms with Crippen molar-refractivity contribution >= 4 is 23.4 Å². The summed E-state index contributed by atoms with van der Waals surface area (Å²) in [5, 5.41) is 12.8. The van der Waals surface area contributed by atoms with Gasteiger partial charge in [0.05, 0.1) is 6.20 Å². The van der Waals surface area contributed by atoms with E-state index in [0.29, 0.717) is 24.8 Å². The number of hydrogen-bond acceptors (Lipinski definition) is 8. The number of likely N-dealkylation sites (tertiary alicyclic amines) is 1. The van der Waals surface area contributed by atoms with Gasteiger partial charge in [-0.1, -0.05) is 12.1 Å². The van der Waals surface area contributed by atoms with Crippen molar-refractivity contribution < 1.29 is 9.53 Å². The maximum absolute atomic E-state index is 12.3. The van der Waals surface area contributed by atoms with Gasteiger partial charge in [0.25, 0.3) is 0 Å². The molecule has 0 radical (unpaired) electrons. The first-order chi connectivity index (χ1) is 16.7. The van der Waals surface area contributed by atoms with Crippen molar-refractivity contribution in [3.8, 4) is 6.07 Å². The summed E-state index contributed by atoms with van der Waals surface area (Å²) in [5.74, 6) is 1.66. The molecule has 2 aliphatic heterocycles. The molecule has 2 aliphatic rings. The van der Waals surface area contributed by atoms with Crippen LogP contribution >= 0.6 is 0 Å². The van der Waals surface area contributed by atoms with Gasteiger partial charge in [-0.25, -0.2) is 14.8 Å². The topological polar surface area (TPSA) is 97.6 Å². The predicted octanol–water partition coefficient (Wildman–Crippen LogP) is 3.96. The molecule has 186 valence electrons. The van der Waals surface area contributed by atoms with Crippen LogP contribution in [0, 0.1) is 11.3 Å². The van der Waals surface area contributed by atoms with Gasteiger partial charge in [-0.3, -0.25) is 0 Å². The Bertz CT molecular complexity index is 1060. The second kappa shape index (κ2) is 10.5. The van der Waals surface area contributed by atoms with E-state index in [1.54, 1.807) is 11.1 Å². The molecule has 0 unspecified atom stereocenters. The number of rotatable bonds is 4. The summed E-state index contributed by atoms with van der Waals surface area (Å²) in [6.07, 6.45) is 3.26. The summed E-state index contributed by atoms with van der Waals surface area (Å²) in [6, 6.07) is 10.4. The monoisotopic (exact) mass is 477 g/mol. The zero-order chi connectivity index (χ0) is 25.0. The average molecular weight is 478 g/mol. The van der Waals surface area contributed by atoms with Crippen LogP contribution < -0.4 is 10.2 Å². The summed E-state index contributed by atoms with van der Waals surface area (Å²) >= 11 is 0. The van der Waals surface area contributed by atoms with Gasteiger partial charge in [0.1, 0.15) is 17.5 Å². The maximum Gasteiger partial charge on any atom is 0.410 e. The molecular weight excluding hydrogens is 442 g/mol. The van der Waals surface area contributed by atoms with E-state index in [-0.39, 0.29) is 11.8 Å². The Hall–Kier alpha value is -3.38. The lowest BCUT2D eigenvalue weighted by molar-refractivity contribution is 0.0205. The van der Waals surface area contributed by atoms with Crippen LogP contribution in [0.1, 0.15) is 50.8 Å². The zero-order valence-corrected chi connectivity index (χ0v) is 21.1. The number of nitriles is 1. The highest BCUT2D eigenvalue weighted by Crippen LogP contribution is 2.30. The van der Waals surface area contributed by atoms with Gasteiger partial charge in [-0.15, -0.1) is 0 Å². The third-order valence-electron chi connectivity index (χ3n) is 6.48. The smallest absolute Gasteiger partial charge is 0.410 e. The van der Waals surface area contributed by atoms with Crippen molar-refractivity contribution in [2.75, 3.05) is 56.5 Å². The van der Waals surface area contributed by atoms with Crippen LogP contribution in [0.15, 0.2) is 30.5 Å². The minimum Gasteiger partial charge on any atom is -0.444 e. The van der Waals surface area contributed by atoms with Crippen LogP contribution in [0.2, 0.25) is 0 Å². The number of amides is 1. The minimum absolute atomic E-state index is 0.233. The number of nitrogens with one attached hydrogen (secondary N) is 1. The normalized spacial score (nSPS) is 17.7. The number of anilines is 3. The van der Waals surface area contributed by atoms with Gasteiger partial charge in [0, 0.05) is 45.0 Å². The third kappa shape index (κ3) is 6.40. The predicted molar refractivity (Wildman–Crippen MR) is 136 cm³/mol. The first kappa shape index (κ1) is 24.7. The van der Waals surface area contributed by atoms with Crippen LogP contribution in [0.25, 0.3) is 0 Å². The van der Waals surface area contributed by atoms with Gasteiger partial charge in [0.15, 0.2) is 11.5 Å². The van der Waals surface area contributed by atoms with E-state index in [1.807, 2.05) is 32.9 Å². The lowest BCUT2D eigenvalue weighted by Crippen LogP contribution is -2.44. The lowest BCUT2D eigenvalue weighted by atomic mass is 9.89. The quantitative estimate of drug-likeness (QED) is 0.707. The number of likely N-dealkylation sites (N-methyl/N-ethyl adjacent to an activating group) is 1. The summed E-state index contributed by atoms with van der Waals surface area (Å²) in [4.78, 5) is 27.7. The molecule has 9 heteroatoms. The lowest BCUT2D eigenvalue weighted by Gasteiger charge is -2.33. The highest BCUT2D eigenvalue weighted by molar-refractivity contribution is 5.68. The van der Waals surface area contributed by atoms with Gasteiger partial charge in [-0.05, 0) is 64.3 Å². The van der Waals surface area contributed by atoms with E-state index < -0.39 is 5.60 Å². The molecular formula is C26H35N7O2. The molecule has 1 aromatic heterocycles. The minimum atomic E-state index is -0.476. The molecule has 0 spiro atoms. The summed E-state index contributed by atoms with van der Waals surface area (Å²) in [6.45, 7) is 10.8. The van der Waals surface area contributed by atoms with Crippen LogP contribution in [0.5, 0.6) is 0 Å². The van der Waals surface area contributed by atoms with E-state index in [9.17, 15) is 10.1 Å². The SMILES string of the molecule is CN1CCN(c2cnc(C#N)c(Nc3ccc(C4CCN(C(=O)OC(C)(C)C)CC4)cc3)n2)CC1. The molecule has 2 saturated heterocycles. The van der Waals surface area contributed by atoms with Crippen molar-refractivity contribution in [1.29, 1.82) is 5.26 Å². The number of aromatic nitrogens is 2. The molecule has 35 heavy (non-hydrogen) atoms. The van der Waals surface area contributed by atoms with Crippen molar-refractivity contribution in [2.45, 2.75) is 45.1 Å². The number of benzene rings is 1. The first-order valence-electron chi connectivity index (χ1n) is 12.3. The van der Waals surface area contributed by atoms with Gasteiger partial charge >= 0.3 is 6.09 Å². The average Bonchev–Trinajstić information content (AvgIpc) is 2.84. The zero-order valence-electron chi connectivity index (χ0n) is 21.1. The molecule has 0 saturated carbocycles. The molecule has 2 aromatic rings. The number of piperazine rings is 1. The Balaban J connectivity index is 1.38. The Morgan fingerprint density at radius 2 is 1.74 bits per heavy atom. The van der Waals surface area contributed by atoms with E-state index >= 15 is 0 Å². The molecule has 0 atom stereocenters. The molecule has 1 N–H and O–H groups in total. The van der Waals surface area contributed by atoms with Crippen molar-refractivity contribution in [3.05, 3.63) is 41.7 Å². The Morgan fingerprint density at radius 1 is 1.09 bits per heavy atom. The second-order valence-electron chi connectivity index (χ2n) is 10.3. The maximum atomic E-state index is 12.3. The molecule has 1 aromatic carbocycles. The van der Waals surface area contributed by atoms with Gasteiger partial charge in [0.2, 0.25) is 0 Å². The number of hydrogen-bond donors (Lipinski definition) is 1. The standard InChI is InChI=1S/C26H35N7O2/c1-26(2,3)35-25(34)33-11-9-20(10-12-33)19-5-7-21(8-6-19)29-24-22(17-27)28-18-23(30-24)32-15-13-31(4)14-16-32/h5-8,18,20H,9-16H2,1-4H3,(H,29,30). The molecule has 0 bridgehead atoms. The highest BCUT2D eigenvalue weighted by Gasteiger charge is 2.27. The fourth-order valence-corrected chi connectivity index (χ4v) is 4.43. The number of carbonyl (C=O) groups excluding carboxylic acids is 1. The Kier molecular flexibility index (Phi) is 7.41. The summed E-state index contributed by atoms with van der Waals surface area (Å²) in [7, 11) is 2.11. The van der Waals surface area contributed by atoms with Crippen molar-refractivity contribution in [3.63, 3.8) is 0 Å². The summed E-state index contributed by atoms with van der Waals surface area (Å²) in [5.41, 5.74) is 1.91. The Morgan fingerprint density at radius 3 is 2.34 bits per heavy atom. The van der Waals surface area contributed by atoms with E-state index in [0.717, 1.165) is 50.5 Å². The van der Waals surface area contributed by atoms with E-state index in [2.05, 4.69) is 45.4 Å². The number of ether oxygens (including phenoxy) is 1. The van der Waals surface area contributed by atoms with Gasteiger partial charge in [-0.2, -0.15) is 5.26 Å². The highest BCUT2D eigenvalue weighted by atomic mass is 16.6. The Labute approximate surface area is 207 Å². The molecule has 3 heterocycles. The van der Waals surface area contributed by atoms with Crippen LogP contribution in [0.3, 0.4) is 0 Å². The molecule has 2 fully saturated rings. The fraction of sp³-hybridized carbons (Fsp3) is 0.538. The first-order valence-corrected chi connectivity index (χ1v) is 12.3. The molecule has 1 amide bonds. The second-order valence-corrected chi connectivity index (χ2v) is 10.3. The van der Waals surface area contributed by atoms with Crippen molar-refractivity contribution in [1.82, 2.24) is 19.8 Å².